The Balaban J connectivity index is 1.75. The van der Waals surface area contributed by atoms with Crippen LogP contribution in [0, 0.1) is 0 Å². The molecule has 0 aliphatic carbocycles. The van der Waals surface area contributed by atoms with Gasteiger partial charge in [0.25, 0.3) is 0 Å². The van der Waals surface area contributed by atoms with E-state index >= 15 is 0 Å². The second-order valence-electron chi connectivity index (χ2n) is 5.68. The molecule has 2 N–H and O–H groups in total. The Bertz CT molecular complexity index is 938. The van der Waals surface area contributed by atoms with Crippen LogP contribution in [0.3, 0.4) is 0 Å². The first kappa shape index (κ1) is 19.0. The van der Waals surface area contributed by atoms with Gasteiger partial charge in [-0.1, -0.05) is 18.2 Å². The van der Waals surface area contributed by atoms with E-state index in [0.29, 0.717) is 24.1 Å². The largest absolute Gasteiger partial charge is 0.481 e. The molecule has 28 heavy (non-hydrogen) atoms. The number of rotatable bonds is 8. The number of nitrogens with zero attached hydrogens (tertiary/aromatic N) is 2. The molecule has 0 aliphatic rings. The summed E-state index contributed by atoms with van der Waals surface area (Å²) >= 11 is 0. The number of para-hydroxylation sites is 1. The van der Waals surface area contributed by atoms with Gasteiger partial charge in [-0.05, 0) is 30.3 Å². The molecule has 144 valence electrons. The zero-order valence-corrected chi connectivity index (χ0v) is 15.4. The smallest absolute Gasteiger partial charge is 0.335 e. The Labute approximate surface area is 161 Å². The Hall–Kier alpha value is -3.81. The van der Waals surface area contributed by atoms with Gasteiger partial charge in [-0.25, -0.2) is 4.79 Å². The summed E-state index contributed by atoms with van der Waals surface area (Å²) in [6, 6.07) is 15.6. The normalized spacial score (nSPS) is 10.2. The maximum absolute atomic E-state index is 10.9. The number of benzene rings is 2. The molecular weight excluding hydrogens is 362 g/mol. The summed E-state index contributed by atoms with van der Waals surface area (Å²) in [5, 5.41) is 12.2. The van der Waals surface area contributed by atoms with Crippen molar-refractivity contribution in [3.63, 3.8) is 0 Å². The lowest BCUT2D eigenvalue weighted by molar-refractivity contribution is 0.0697. The summed E-state index contributed by atoms with van der Waals surface area (Å²) in [6.45, 7) is 0.462. The van der Waals surface area contributed by atoms with Crippen LogP contribution in [0.15, 0.2) is 54.6 Å². The quantitative estimate of drug-likeness (QED) is 0.610. The van der Waals surface area contributed by atoms with Gasteiger partial charge < -0.3 is 24.6 Å². The molecule has 0 radical (unpaired) electrons. The predicted octanol–water partition coefficient (Wildman–Crippen LogP) is 3.60. The fraction of sp³-hybridized carbons (Fsp3) is 0.150. The molecule has 1 heterocycles. The minimum atomic E-state index is -0.959. The zero-order chi connectivity index (χ0) is 19.9. The highest BCUT2D eigenvalue weighted by molar-refractivity contribution is 5.88. The van der Waals surface area contributed by atoms with Crippen molar-refractivity contribution < 1.29 is 24.1 Å². The second kappa shape index (κ2) is 8.72. The van der Waals surface area contributed by atoms with E-state index in [4.69, 9.17) is 19.3 Å². The van der Waals surface area contributed by atoms with Gasteiger partial charge in [-0.3, -0.25) is 0 Å². The van der Waals surface area contributed by atoms with Crippen molar-refractivity contribution >= 4 is 11.7 Å². The molecule has 8 heteroatoms. The van der Waals surface area contributed by atoms with Gasteiger partial charge >= 0.3 is 12.0 Å². The molecule has 0 aliphatic heterocycles. The summed E-state index contributed by atoms with van der Waals surface area (Å²) in [4.78, 5) is 19.3. The summed E-state index contributed by atoms with van der Waals surface area (Å²) in [6.07, 6.45) is 0. The molecule has 3 aromatic rings. The maximum Gasteiger partial charge on any atom is 0.335 e. The van der Waals surface area contributed by atoms with Crippen LogP contribution in [0.4, 0.5) is 5.69 Å². The molecule has 0 saturated heterocycles. The molecule has 1 aromatic heterocycles. The van der Waals surface area contributed by atoms with Crippen molar-refractivity contribution in [1.29, 1.82) is 0 Å². The number of aromatic carboxylic acids is 1. The SMILES string of the molecule is COc1cc(OC)nc(Oc2ccccc2CNc2ccc(C(=O)O)cc2)n1. The first-order valence-electron chi connectivity index (χ1n) is 8.39. The van der Waals surface area contributed by atoms with Gasteiger partial charge in [0.1, 0.15) is 5.75 Å². The topological polar surface area (TPSA) is 103 Å². The first-order chi connectivity index (χ1) is 13.6. The summed E-state index contributed by atoms with van der Waals surface area (Å²) in [7, 11) is 3.00. The fourth-order valence-corrected chi connectivity index (χ4v) is 2.41. The van der Waals surface area contributed by atoms with Crippen LogP contribution in [-0.2, 0) is 6.54 Å². The molecule has 0 bridgehead atoms. The lowest BCUT2D eigenvalue weighted by atomic mass is 10.1. The number of carboxylic acid groups (broad SMARTS) is 1. The number of carbonyl (C=O) groups is 1. The fourth-order valence-electron chi connectivity index (χ4n) is 2.41. The van der Waals surface area contributed by atoms with E-state index in [-0.39, 0.29) is 11.6 Å². The molecule has 0 atom stereocenters. The maximum atomic E-state index is 10.9. The minimum Gasteiger partial charge on any atom is -0.481 e. The van der Waals surface area contributed by atoms with E-state index in [2.05, 4.69) is 15.3 Å². The monoisotopic (exact) mass is 381 g/mol. The van der Waals surface area contributed by atoms with Crippen molar-refractivity contribution in [3.8, 4) is 23.5 Å². The predicted molar refractivity (Wildman–Crippen MR) is 102 cm³/mol. The van der Waals surface area contributed by atoms with Gasteiger partial charge in [-0.15, -0.1) is 0 Å². The van der Waals surface area contributed by atoms with Crippen molar-refractivity contribution in [2.75, 3.05) is 19.5 Å². The first-order valence-corrected chi connectivity index (χ1v) is 8.39. The third-order valence-corrected chi connectivity index (χ3v) is 3.87. The van der Waals surface area contributed by atoms with Gasteiger partial charge in [0.15, 0.2) is 0 Å². The third-order valence-electron chi connectivity index (χ3n) is 3.87. The highest BCUT2D eigenvalue weighted by Crippen LogP contribution is 2.27. The third kappa shape index (κ3) is 4.67. The van der Waals surface area contributed by atoms with Crippen molar-refractivity contribution in [2.45, 2.75) is 6.54 Å². The lowest BCUT2D eigenvalue weighted by Gasteiger charge is -2.12. The van der Waals surface area contributed by atoms with E-state index < -0.39 is 5.97 Å². The van der Waals surface area contributed by atoms with E-state index in [1.54, 1.807) is 36.4 Å². The molecule has 0 saturated carbocycles. The van der Waals surface area contributed by atoms with Crippen LogP contribution in [0.5, 0.6) is 23.5 Å². The Morgan fingerprint density at radius 1 is 1.00 bits per heavy atom. The number of aromatic nitrogens is 2. The standard InChI is InChI=1S/C20H19N3O5/c1-26-17-11-18(27-2)23-20(22-17)28-16-6-4-3-5-14(16)12-21-15-9-7-13(8-10-15)19(24)25/h3-11,21H,12H2,1-2H3,(H,24,25). The molecule has 0 spiro atoms. The van der Waals surface area contributed by atoms with Gasteiger partial charge in [-0.2, -0.15) is 9.97 Å². The Morgan fingerprint density at radius 3 is 2.25 bits per heavy atom. The number of ether oxygens (including phenoxy) is 3. The van der Waals surface area contributed by atoms with E-state index in [9.17, 15) is 4.79 Å². The van der Waals surface area contributed by atoms with Crippen molar-refractivity contribution in [3.05, 3.63) is 65.7 Å². The van der Waals surface area contributed by atoms with Gasteiger partial charge in [0, 0.05) is 17.8 Å². The van der Waals surface area contributed by atoms with E-state index in [0.717, 1.165) is 11.3 Å². The minimum absolute atomic E-state index is 0.106. The summed E-state index contributed by atoms with van der Waals surface area (Å²) in [5.74, 6) is 0.276. The number of hydrogen-bond acceptors (Lipinski definition) is 7. The molecule has 0 fully saturated rings. The average molecular weight is 381 g/mol. The number of anilines is 1. The molecule has 0 amide bonds. The Morgan fingerprint density at radius 2 is 1.64 bits per heavy atom. The van der Waals surface area contributed by atoms with Crippen LogP contribution in [0.2, 0.25) is 0 Å². The van der Waals surface area contributed by atoms with Crippen molar-refractivity contribution in [2.24, 2.45) is 0 Å². The van der Waals surface area contributed by atoms with Crippen LogP contribution >= 0.6 is 0 Å². The molecule has 3 rings (SSSR count). The molecule has 0 unspecified atom stereocenters. The van der Waals surface area contributed by atoms with E-state index in [1.807, 2.05) is 18.2 Å². The second-order valence-corrected chi connectivity index (χ2v) is 5.68. The van der Waals surface area contributed by atoms with E-state index in [1.165, 1.54) is 14.2 Å². The highest BCUT2D eigenvalue weighted by Gasteiger charge is 2.11. The molecule has 8 nitrogen and oxygen atoms in total. The lowest BCUT2D eigenvalue weighted by Crippen LogP contribution is -2.03. The van der Waals surface area contributed by atoms with Crippen molar-refractivity contribution in [1.82, 2.24) is 9.97 Å². The zero-order valence-electron chi connectivity index (χ0n) is 15.4. The van der Waals surface area contributed by atoms with Crippen LogP contribution in [0.25, 0.3) is 0 Å². The number of nitrogens with one attached hydrogen (secondary N) is 1. The summed E-state index contributed by atoms with van der Waals surface area (Å²) in [5.41, 5.74) is 1.90. The number of carboxylic acids is 1. The summed E-state index contributed by atoms with van der Waals surface area (Å²) < 4.78 is 16.1. The van der Waals surface area contributed by atoms with Crippen LogP contribution in [0.1, 0.15) is 15.9 Å². The molecular formula is C20H19N3O5. The van der Waals surface area contributed by atoms with Crippen LogP contribution < -0.4 is 19.5 Å². The Kier molecular flexibility index (Phi) is 5.91. The van der Waals surface area contributed by atoms with Crippen LogP contribution in [-0.4, -0.2) is 35.3 Å². The number of methoxy groups -OCH3 is 2. The van der Waals surface area contributed by atoms with Gasteiger partial charge in [0.2, 0.25) is 11.8 Å². The molecule has 2 aromatic carbocycles. The van der Waals surface area contributed by atoms with Gasteiger partial charge in [0.05, 0.1) is 25.8 Å². The average Bonchev–Trinajstić information content (AvgIpc) is 2.73. The highest BCUT2D eigenvalue weighted by atomic mass is 16.5. The number of hydrogen-bond donors (Lipinski definition) is 2.